The van der Waals surface area contributed by atoms with Crippen molar-refractivity contribution < 1.29 is 4.92 Å². The molecule has 0 aromatic heterocycles. The van der Waals surface area contributed by atoms with E-state index in [1.165, 1.54) is 31.7 Å². The lowest BCUT2D eigenvalue weighted by Crippen LogP contribution is -1.91. The Labute approximate surface area is 108 Å². The highest BCUT2D eigenvalue weighted by molar-refractivity contribution is 5.50. The summed E-state index contributed by atoms with van der Waals surface area (Å²) < 4.78 is 0. The molecular formula is C15H19NO2. The van der Waals surface area contributed by atoms with Crippen LogP contribution in [0.25, 0.3) is 0 Å². The molecule has 0 saturated carbocycles. The number of hydrogen-bond acceptors (Lipinski definition) is 2. The van der Waals surface area contributed by atoms with Crippen LogP contribution in [0.5, 0.6) is 0 Å². The second-order valence-electron chi connectivity index (χ2n) is 4.24. The van der Waals surface area contributed by atoms with Crippen molar-refractivity contribution in [2.24, 2.45) is 0 Å². The van der Waals surface area contributed by atoms with Crippen LogP contribution >= 0.6 is 0 Å². The molecule has 0 saturated heterocycles. The first-order chi connectivity index (χ1) is 8.75. The van der Waals surface area contributed by atoms with Gasteiger partial charge in [0.05, 0.1) is 4.92 Å². The Balaban J connectivity index is 2.45. The third-order valence-corrected chi connectivity index (χ3v) is 2.73. The van der Waals surface area contributed by atoms with E-state index in [0.717, 1.165) is 12.8 Å². The fraction of sp³-hybridized carbons (Fsp3) is 0.467. The Morgan fingerprint density at radius 3 is 2.61 bits per heavy atom. The summed E-state index contributed by atoms with van der Waals surface area (Å²) in [6.45, 7) is 2.19. The van der Waals surface area contributed by atoms with Gasteiger partial charge in [0.1, 0.15) is 5.56 Å². The van der Waals surface area contributed by atoms with Crippen molar-refractivity contribution in [3.8, 4) is 11.8 Å². The lowest BCUT2D eigenvalue weighted by molar-refractivity contribution is -0.385. The van der Waals surface area contributed by atoms with Crippen LogP contribution < -0.4 is 0 Å². The molecule has 1 aromatic carbocycles. The van der Waals surface area contributed by atoms with Gasteiger partial charge in [0, 0.05) is 12.5 Å². The van der Waals surface area contributed by atoms with Gasteiger partial charge < -0.3 is 0 Å². The predicted octanol–water partition coefficient (Wildman–Crippen LogP) is 4.31. The fourth-order valence-electron chi connectivity index (χ4n) is 1.71. The van der Waals surface area contributed by atoms with Crippen LogP contribution in [0.3, 0.4) is 0 Å². The number of hydrogen-bond donors (Lipinski definition) is 0. The monoisotopic (exact) mass is 245 g/mol. The first-order valence-electron chi connectivity index (χ1n) is 6.48. The van der Waals surface area contributed by atoms with Gasteiger partial charge in [-0.1, -0.05) is 56.6 Å². The number of para-hydroxylation sites is 1. The highest BCUT2D eigenvalue weighted by Crippen LogP contribution is 2.16. The zero-order valence-electron chi connectivity index (χ0n) is 10.8. The predicted molar refractivity (Wildman–Crippen MR) is 73.4 cm³/mol. The molecule has 0 atom stereocenters. The van der Waals surface area contributed by atoms with Gasteiger partial charge in [0.25, 0.3) is 5.69 Å². The van der Waals surface area contributed by atoms with Gasteiger partial charge in [-0.2, -0.15) is 0 Å². The maximum absolute atomic E-state index is 10.8. The number of nitro benzene ring substituents is 1. The molecule has 0 radical (unpaired) electrons. The van der Waals surface area contributed by atoms with E-state index in [4.69, 9.17) is 0 Å². The van der Waals surface area contributed by atoms with E-state index in [0.29, 0.717) is 5.56 Å². The topological polar surface area (TPSA) is 43.1 Å². The van der Waals surface area contributed by atoms with Crippen molar-refractivity contribution in [3.63, 3.8) is 0 Å². The Bertz CT molecular complexity index is 443. The average molecular weight is 245 g/mol. The van der Waals surface area contributed by atoms with E-state index in [9.17, 15) is 10.1 Å². The highest BCUT2D eigenvalue weighted by atomic mass is 16.6. The lowest BCUT2D eigenvalue weighted by Gasteiger charge is -1.95. The zero-order chi connectivity index (χ0) is 13.2. The first kappa shape index (κ1) is 14.2. The molecule has 0 spiro atoms. The largest absolute Gasteiger partial charge is 0.284 e. The molecule has 0 N–H and O–H groups in total. The minimum atomic E-state index is -0.384. The summed E-state index contributed by atoms with van der Waals surface area (Å²) in [4.78, 5) is 10.4. The molecule has 1 rings (SSSR count). The van der Waals surface area contributed by atoms with Crippen molar-refractivity contribution in [2.75, 3.05) is 0 Å². The van der Waals surface area contributed by atoms with Crippen LogP contribution in [0.1, 0.15) is 51.0 Å². The molecule has 3 nitrogen and oxygen atoms in total. The van der Waals surface area contributed by atoms with Crippen LogP contribution in [0.4, 0.5) is 5.69 Å². The van der Waals surface area contributed by atoms with Crippen LogP contribution in [-0.4, -0.2) is 4.92 Å². The minimum absolute atomic E-state index is 0.0935. The minimum Gasteiger partial charge on any atom is -0.258 e. The van der Waals surface area contributed by atoms with E-state index >= 15 is 0 Å². The van der Waals surface area contributed by atoms with Crippen molar-refractivity contribution in [2.45, 2.75) is 45.4 Å². The summed E-state index contributed by atoms with van der Waals surface area (Å²) >= 11 is 0. The van der Waals surface area contributed by atoms with Crippen LogP contribution in [0.15, 0.2) is 24.3 Å². The second kappa shape index (κ2) is 8.30. The maximum Gasteiger partial charge on any atom is 0.284 e. The molecule has 0 aliphatic heterocycles. The third-order valence-electron chi connectivity index (χ3n) is 2.73. The molecule has 0 heterocycles. The number of benzene rings is 1. The van der Waals surface area contributed by atoms with Gasteiger partial charge in [-0.3, -0.25) is 10.1 Å². The Kier molecular flexibility index (Phi) is 6.56. The van der Waals surface area contributed by atoms with Crippen molar-refractivity contribution in [1.82, 2.24) is 0 Å². The first-order valence-corrected chi connectivity index (χ1v) is 6.48. The SMILES string of the molecule is CCCCCCCC#Cc1ccccc1[N+](=O)[O-]. The summed E-state index contributed by atoms with van der Waals surface area (Å²) in [5.74, 6) is 5.91. The number of nitro groups is 1. The van der Waals surface area contributed by atoms with Gasteiger partial charge in [-0.05, 0) is 12.5 Å². The molecule has 0 amide bonds. The van der Waals surface area contributed by atoms with Crippen LogP contribution in [-0.2, 0) is 0 Å². The maximum atomic E-state index is 10.8. The van der Waals surface area contributed by atoms with Gasteiger partial charge in [-0.25, -0.2) is 0 Å². The summed E-state index contributed by atoms with van der Waals surface area (Å²) in [7, 11) is 0. The van der Waals surface area contributed by atoms with Gasteiger partial charge >= 0.3 is 0 Å². The van der Waals surface area contributed by atoms with E-state index in [1.807, 2.05) is 0 Å². The van der Waals surface area contributed by atoms with Crippen molar-refractivity contribution in [3.05, 3.63) is 39.9 Å². The zero-order valence-corrected chi connectivity index (χ0v) is 10.8. The smallest absolute Gasteiger partial charge is 0.258 e. The second-order valence-corrected chi connectivity index (χ2v) is 4.24. The number of rotatable bonds is 6. The fourth-order valence-corrected chi connectivity index (χ4v) is 1.71. The van der Waals surface area contributed by atoms with Gasteiger partial charge in [0.2, 0.25) is 0 Å². The van der Waals surface area contributed by atoms with E-state index in [1.54, 1.807) is 18.2 Å². The normalized spacial score (nSPS) is 9.61. The highest BCUT2D eigenvalue weighted by Gasteiger charge is 2.09. The molecule has 0 bridgehead atoms. The van der Waals surface area contributed by atoms with Gasteiger partial charge in [0.15, 0.2) is 0 Å². The van der Waals surface area contributed by atoms with Crippen LogP contribution in [0, 0.1) is 22.0 Å². The quantitative estimate of drug-likeness (QED) is 0.324. The summed E-state index contributed by atoms with van der Waals surface area (Å²) in [5, 5.41) is 10.8. The number of nitrogens with zero attached hydrogens (tertiary/aromatic N) is 1. The molecule has 18 heavy (non-hydrogen) atoms. The average Bonchev–Trinajstić information content (AvgIpc) is 2.38. The van der Waals surface area contributed by atoms with Crippen molar-refractivity contribution >= 4 is 5.69 Å². The van der Waals surface area contributed by atoms with Crippen LogP contribution in [0.2, 0.25) is 0 Å². The molecular weight excluding hydrogens is 226 g/mol. The summed E-state index contributed by atoms with van der Waals surface area (Å²) in [6, 6.07) is 6.62. The van der Waals surface area contributed by atoms with E-state index in [2.05, 4.69) is 18.8 Å². The molecule has 1 aromatic rings. The van der Waals surface area contributed by atoms with Crippen molar-refractivity contribution in [1.29, 1.82) is 0 Å². The van der Waals surface area contributed by atoms with E-state index in [-0.39, 0.29) is 10.6 Å². The summed E-state index contributed by atoms with van der Waals surface area (Å²) in [5.41, 5.74) is 0.604. The van der Waals surface area contributed by atoms with E-state index < -0.39 is 0 Å². The molecule has 0 aliphatic carbocycles. The number of unbranched alkanes of at least 4 members (excludes halogenated alkanes) is 5. The standard InChI is InChI=1S/C15H19NO2/c1-2-3-4-5-6-7-8-11-14-12-9-10-13-15(14)16(17)18/h9-10,12-13H,2-7H2,1H3. The Morgan fingerprint density at radius 1 is 1.17 bits per heavy atom. The molecule has 0 aliphatic rings. The molecule has 96 valence electrons. The Morgan fingerprint density at radius 2 is 1.89 bits per heavy atom. The lowest BCUT2D eigenvalue weighted by atomic mass is 10.1. The Hall–Kier alpha value is -1.82. The van der Waals surface area contributed by atoms with Gasteiger partial charge in [-0.15, -0.1) is 0 Å². The summed E-state index contributed by atoms with van der Waals surface area (Å²) in [6.07, 6.45) is 6.85. The third kappa shape index (κ3) is 5.01. The molecule has 0 unspecified atom stereocenters. The molecule has 0 fully saturated rings. The molecule has 3 heteroatoms.